The van der Waals surface area contributed by atoms with E-state index in [-0.39, 0.29) is 28.2 Å². The van der Waals surface area contributed by atoms with E-state index in [9.17, 15) is 18.0 Å². The molecule has 1 unspecified atom stereocenters. The lowest BCUT2D eigenvalue weighted by atomic mass is 9.53. The standard InChI is InChI=1S/C25H35N3O4S/c1-17(24(30)26-25-14-19-11-20(15-25)13-21(12-19)16-25)27-7-9-28(10-8-27)33(31,32)23-5-3-22(4-6-23)18(2)29/h3-6,17,19-21H,7-16H2,1-2H3,(H,26,30). The molecule has 8 heteroatoms. The number of carbonyl (C=O) groups is 2. The van der Waals surface area contributed by atoms with E-state index in [0.717, 1.165) is 37.0 Å². The fraction of sp³-hybridized carbons (Fsp3) is 0.680. The second-order valence-electron chi connectivity index (χ2n) is 10.9. The van der Waals surface area contributed by atoms with Crippen LogP contribution in [-0.2, 0) is 14.8 Å². The van der Waals surface area contributed by atoms with Crippen LogP contribution in [-0.4, -0.2) is 67.1 Å². The van der Waals surface area contributed by atoms with Gasteiger partial charge in [-0.3, -0.25) is 14.5 Å². The number of hydrogen-bond acceptors (Lipinski definition) is 5. The lowest BCUT2D eigenvalue weighted by molar-refractivity contribution is -0.132. The van der Waals surface area contributed by atoms with Crippen molar-refractivity contribution >= 4 is 21.7 Å². The monoisotopic (exact) mass is 473 g/mol. The predicted molar refractivity (Wildman–Crippen MR) is 125 cm³/mol. The van der Waals surface area contributed by atoms with Gasteiger partial charge in [-0.1, -0.05) is 12.1 Å². The van der Waals surface area contributed by atoms with E-state index in [4.69, 9.17) is 0 Å². The van der Waals surface area contributed by atoms with Crippen molar-refractivity contribution in [2.75, 3.05) is 26.2 Å². The topological polar surface area (TPSA) is 86.8 Å². The SMILES string of the molecule is CC(=O)c1ccc(S(=O)(=O)N2CCN(C(C)C(=O)NC34CC5CC(CC(C5)C3)C4)CC2)cc1. The molecule has 1 saturated heterocycles. The second-order valence-corrected chi connectivity index (χ2v) is 12.8. The third kappa shape index (κ3) is 4.37. The Bertz CT molecular complexity index is 993. The van der Waals surface area contributed by atoms with E-state index in [2.05, 4.69) is 10.2 Å². The quantitative estimate of drug-likeness (QED) is 0.642. The van der Waals surface area contributed by atoms with E-state index >= 15 is 0 Å². The van der Waals surface area contributed by atoms with Gasteiger partial charge in [-0.25, -0.2) is 8.42 Å². The van der Waals surface area contributed by atoms with E-state index in [1.54, 1.807) is 12.1 Å². The van der Waals surface area contributed by atoms with Crippen LogP contribution in [0.4, 0.5) is 0 Å². The number of nitrogens with one attached hydrogen (secondary N) is 1. The van der Waals surface area contributed by atoms with Gasteiger partial charge in [0.05, 0.1) is 10.9 Å². The molecule has 1 aromatic rings. The number of amides is 1. The molecule has 4 aliphatic carbocycles. The smallest absolute Gasteiger partial charge is 0.243 e. The first-order valence-corrected chi connectivity index (χ1v) is 13.8. The minimum atomic E-state index is -3.62. The van der Waals surface area contributed by atoms with Gasteiger partial charge >= 0.3 is 0 Å². The van der Waals surface area contributed by atoms with Crippen molar-refractivity contribution in [3.63, 3.8) is 0 Å². The average Bonchev–Trinajstić information content (AvgIpc) is 2.77. The van der Waals surface area contributed by atoms with Crippen LogP contribution in [0.2, 0.25) is 0 Å². The lowest BCUT2D eigenvalue weighted by Crippen LogP contribution is -2.63. The number of hydrogen-bond donors (Lipinski definition) is 1. The summed E-state index contributed by atoms with van der Waals surface area (Å²) in [6.07, 6.45) is 7.43. The first kappa shape index (κ1) is 23.0. The van der Waals surface area contributed by atoms with Gasteiger partial charge in [0.1, 0.15) is 0 Å². The van der Waals surface area contributed by atoms with Crippen LogP contribution >= 0.6 is 0 Å². The zero-order valence-corrected chi connectivity index (χ0v) is 20.4. The number of benzene rings is 1. The summed E-state index contributed by atoms with van der Waals surface area (Å²) in [6, 6.07) is 5.85. The zero-order chi connectivity index (χ0) is 23.4. The van der Waals surface area contributed by atoms with Crippen LogP contribution in [0, 0.1) is 17.8 Å². The van der Waals surface area contributed by atoms with Crippen LogP contribution in [0.1, 0.15) is 62.7 Å². The second kappa shape index (κ2) is 8.47. The van der Waals surface area contributed by atoms with E-state index in [1.165, 1.54) is 42.6 Å². The number of ketones is 1. The summed E-state index contributed by atoms with van der Waals surface area (Å²) in [5.41, 5.74) is 0.495. The summed E-state index contributed by atoms with van der Waals surface area (Å²) < 4.78 is 27.6. The summed E-state index contributed by atoms with van der Waals surface area (Å²) in [5, 5.41) is 3.46. The molecule has 1 atom stereocenters. The van der Waals surface area contributed by atoms with Gasteiger partial charge in [0.2, 0.25) is 15.9 Å². The molecule has 33 heavy (non-hydrogen) atoms. The molecule has 4 saturated carbocycles. The van der Waals surface area contributed by atoms with Crippen molar-refractivity contribution < 1.29 is 18.0 Å². The highest BCUT2D eigenvalue weighted by Gasteiger charge is 2.52. The van der Waals surface area contributed by atoms with Gasteiger partial charge in [-0.05, 0) is 82.3 Å². The van der Waals surface area contributed by atoms with Crippen LogP contribution in [0.5, 0.6) is 0 Å². The maximum atomic E-state index is 13.2. The van der Waals surface area contributed by atoms with E-state index in [1.807, 2.05) is 6.92 Å². The Hall–Kier alpha value is -1.77. The fourth-order valence-corrected chi connectivity index (χ4v) is 8.56. The Labute approximate surface area is 196 Å². The molecular weight excluding hydrogens is 438 g/mol. The lowest BCUT2D eigenvalue weighted by Gasteiger charge is -2.57. The van der Waals surface area contributed by atoms with Gasteiger partial charge in [-0.15, -0.1) is 0 Å². The van der Waals surface area contributed by atoms with Crippen LogP contribution < -0.4 is 5.32 Å². The molecule has 1 heterocycles. The Kier molecular flexibility index (Phi) is 5.90. The molecule has 1 amide bonds. The Balaban J connectivity index is 1.18. The maximum absolute atomic E-state index is 13.2. The third-order valence-corrected chi connectivity index (χ3v) is 10.4. The highest BCUT2D eigenvalue weighted by Crippen LogP contribution is 2.55. The maximum Gasteiger partial charge on any atom is 0.243 e. The van der Waals surface area contributed by atoms with Gasteiger partial charge in [0.15, 0.2) is 5.78 Å². The van der Waals surface area contributed by atoms with Crippen molar-refractivity contribution in [2.45, 2.75) is 68.8 Å². The number of Topliss-reactive ketones (excluding diaryl/α,β-unsaturated/α-hetero) is 1. The Morgan fingerprint density at radius 1 is 0.939 bits per heavy atom. The number of rotatable bonds is 6. The summed E-state index contributed by atoms with van der Waals surface area (Å²) in [4.78, 5) is 27.0. The van der Waals surface area contributed by atoms with E-state index in [0.29, 0.717) is 31.7 Å². The van der Waals surface area contributed by atoms with Crippen LogP contribution in [0.15, 0.2) is 29.2 Å². The largest absolute Gasteiger partial charge is 0.349 e. The first-order valence-electron chi connectivity index (χ1n) is 12.3. The van der Waals surface area contributed by atoms with Crippen LogP contribution in [0.25, 0.3) is 0 Å². The highest BCUT2D eigenvalue weighted by molar-refractivity contribution is 7.89. The van der Waals surface area contributed by atoms with Crippen molar-refractivity contribution in [2.24, 2.45) is 17.8 Å². The van der Waals surface area contributed by atoms with Gasteiger partial charge in [0.25, 0.3) is 0 Å². The molecule has 0 aromatic heterocycles. The molecule has 0 radical (unpaired) electrons. The third-order valence-electron chi connectivity index (χ3n) is 8.53. The van der Waals surface area contributed by atoms with Gasteiger partial charge in [0, 0.05) is 37.3 Å². The Morgan fingerprint density at radius 2 is 1.45 bits per heavy atom. The molecule has 1 N–H and O–H groups in total. The molecule has 1 aliphatic heterocycles. The molecular formula is C25H35N3O4S. The van der Waals surface area contributed by atoms with Crippen molar-refractivity contribution in [1.82, 2.24) is 14.5 Å². The normalized spacial score (nSPS) is 33.1. The molecule has 7 nitrogen and oxygen atoms in total. The van der Waals surface area contributed by atoms with Gasteiger partial charge < -0.3 is 5.32 Å². The first-order chi connectivity index (χ1) is 15.6. The van der Waals surface area contributed by atoms with E-state index < -0.39 is 10.0 Å². The molecule has 5 fully saturated rings. The minimum absolute atomic E-state index is 0.00269. The molecule has 1 aromatic carbocycles. The summed E-state index contributed by atoms with van der Waals surface area (Å²) >= 11 is 0. The molecule has 180 valence electrons. The predicted octanol–water partition coefficient (Wildman–Crippen LogP) is 2.67. The van der Waals surface area contributed by atoms with Crippen molar-refractivity contribution in [3.8, 4) is 0 Å². The molecule has 5 aliphatic rings. The fourth-order valence-electron chi connectivity index (χ4n) is 7.14. The Morgan fingerprint density at radius 3 is 1.94 bits per heavy atom. The van der Waals surface area contributed by atoms with Crippen molar-refractivity contribution in [3.05, 3.63) is 29.8 Å². The molecule has 6 rings (SSSR count). The molecule has 4 bridgehead atoms. The zero-order valence-electron chi connectivity index (χ0n) is 19.6. The highest BCUT2D eigenvalue weighted by atomic mass is 32.2. The minimum Gasteiger partial charge on any atom is -0.349 e. The summed E-state index contributed by atoms with van der Waals surface area (Å²) in [5.74, 6) is 2.35. The summed E-state index contributed by atoms with van der Waals surface area (Å²) in [6.45, 7) is 5.17. The van der Waals surface area contributed by atoms with Gasteiger partial charge in [-0.2, -0.15) is 4.31 Å². The molecule has 0 spiro atoms. The number of sulfonamides is 1. The van der Waals surface area contributed by atoms with Crippen molar-refractivity contribution in [1.29, 1.82) is 0 Å². The number of piperazine rings is 1. The average molecular weight is 474 g/mol. The number of carbonyl (C=O) groups excluding carboxylic acids is 2. The summed E-state index contributed by atoms with van der Waals surface area (Å²) in [7, 11) is -3.62. The number of nitrogens with zero attached hydrogens (tertiary/aromatic N) is 2. The van der Waals surface area contributed by atoms with Crippen LogP contribution in [0.3, 0.4) is 0 Å².